The average Bonchev–Trinajstić information content (AvgIpc) is 2.37. The molecule has 0 aliphatic rings. The van der Waals surface area contributed by atoms with Crippen LogP contribution in [0.15, 0.2) is 30.3 Å². The summed E-state index contributed by atoms with van der Waals surface area (Å²) in [5.41, 5.74) is 0.402. The van der Waals surface area contributed by atoms with Crippen molar-refractivity contribution in [2.24, 2.45) is 0 Å². The topological polar surface area (TPSA) is 12.0 Å². The van der Waals surface area contributed by atoms with Crippen molar-refractivity contribution in [3.05, 3.63) is 67.5 Å². The van der Waals surface area contributed by atoms with Gasteiger partial charge in [0, 0.05) is 26.3 Å². The van der Waals surface area contributed by atoms with E-state index in [1.807, 2.05) is 0 Å². The molecule has 0 saturated carbocycles. The summed E-state index contributed by atoms with van der Waals surface area (Å²) in [6.45, 7) is 0. The Balaban J connectivity index is 2.61. The van der Waals surface area contributed by atoms with Crippen LogP contribution in [0, 0.1) is 21.0 Å². The molecule has 2 aromatic carbocycles. The van der Waals surface area contributed by atoms with Crippen LogP contribution in [0.2, 0.25) is 5.02 Å². The minimum atomic E-state index is -0.945. The van der Waals surface area contributed by atoms with Crippen LogP contribution in [0.4, 0.5) is 13.2 Å². The normalized spacial score (nSPS) is 12.5. The number of rotatable bonds is 3. The lowest BCUT2D eigenvalue weighted by molar-refractivity contribution is 0.499. The van der Waals surface area contributed by atoms with Crippen LogP contribution >= 0.6 is 34.2 Å². The molecule has 0 heterocycles. The highest BCUT2D eigenvalue weighted by atomic mass is 127. The molecule has 0 aromatic heterocycles. The van der Waals surface area contributed by atoms with E-state index in [1.165, 1.54) is 0 Å². The van der Waals surface area contributed by atoms with Crippen molar-refractivity contribution < 1.29 is 13.2 Å². The smallest absolute Gasteiger partial charge is 0.134 e. The molecular weight excluding hydrogens is 402 g/mol. The molecule has 0 saturated heterocycles. The lowest BCUT2D eigenvalue weighted by Crippen LogP contribution is -2.21. The Morgan fingerprint density at radius 1 is 1.10 bits per heavy atom. The van der Waals surface area contributed by atoms with Crippen LogP contribution in [0.25, 0.3) is 0 Å². The first kappa shape index (κ1) is 15.6. The number of hydrogen-bond donors (Lipinski definition) is 1. The van der Waals surface area contributed by atoms with Crippen molar-refractivity contribution >= 4 is 34.2 Å². The third-order valence-corrected chi connectivity index (χ3v) is 4.11. The lowest BCUT2D eigenvalue weighted by atomic mass is 9.97. The summed E-state index contributed by atoms with van der Waals surface area (Å²) < 4.78 is 41.6. The van der Waals surface area contributed by atoms with E-state index < -0.39 is 23.5 Å². The Labute approximate surface area is 133 Å². The minimum Gasteiger partial charge on any atom is -0.309 e. The van der Waals surface area contributed by atoms with Gasteiger partial charge < -0.3 is 5.32 Å². The van der Waals surface area contributed by atoms with E-state index in [2.05, 4.69) is 27.9 Å². The molecule has 6 heteroatoms. The van der Waals surface area contributed by atoms with Crippen LogP contribution in [0.1, 0.15) is 17.2 Å². The highest BCUT2D eigenvalue weighted by Gasteiger charge is 2.23. The summed E-state index contributed by atoms with van der Waals surface area (Å²) in [4.78, 5) is 0. The van der Waals surface area contributed by atoms with E-state index in [-0.39, 0.29) is 5.56 Å². The molecule has 1 unspecified atom stereocenters. The summed E-state index contributed by atoms with van der Waals surface area (Å²) in [6, 6.07) is 5.66. The van der Waals surface area contributed by atoms with Crippen molar-refractivity contribution in [2.45, 2.75) is 6.04 Å². The molecule has 2 rings (SSSR count). The van der Waals surface area contributed by atoms with Gasteiger partial charge in [0.25, 0.3) is 0 Å². The first-order valence-corrected chi connectivity index (χ1v) is 7.16. The van der Waals surface area contributed by atoms with Gasteiger partial charge in [-0.2, -0.15) is 0 Å². The van der Waals surface area contributed by atoms with Crippen LogP contribution in [-0.4, -0.2) is 7.05 Å². The first-order chi connectivity index (χ1) is 9.43. The van der Waals surface area contributed by atoms with Crippen molar-refractivity contribution in [2.75, 3.05) is 7.05 Å². The van der Waals surface area contributed by atoms with Gasteiger partial charge in [-0.05, 0) is 53.4 Å². The van der Waals surface area contributed by atoms with Gasteiger partial charge in [0.15, 0.2) is 0 Å². The zero-order valence-electron chi connectivity index (χ0n) is 10.4. The summed E-state index contributed by atoms with van der Waals surface area (Å²) in [7, 11) is 1.57. The highest BCUT2D eigenvalue weighted by molar-refractivity contribution is 14.1. The van der Waals surface area contributed by atoms with Crippen LogP contribution < -0.4 is 5.32 Å². The molecule has 1 atom stereocenters. The van der Waals surface area contributed by atoms with E-state index in [9.17, 15) is 13.2 Å². The zero-order valence-corrected chi connectivity index (χ0v) is 13.3. The van der Waals surface area contributed by atoms with Gasteiger partial charge in [0.05, 0.1) is 6.04 Å². The number of nitrogens with one attached hydrogen (secondary N) is 1. The van der Waals surface area contributed by atoms with Gasteiger partial charge in [0.2, 0.25) is 0 Å². The van der Waals surface area contributed by atoms with Crippen molar-refractivity contribution in [1.82, 2.24) is 5.32 Å². The second-order valence-electron chi connectivity index (χ2n) is 4.17. The van der Waals surface area contributed by atoms with Crippen LogP contribution in [0.3, 0.4) is 0 Å². The molecule has 0 radical (unpaired) electrons. The van der Waals surface area contributed by atoms with Crippen molar-refractivity contribution in [3.63, 3.8) is 0 Å². The summed E-state index contributed by atoms with van der Waals surface area (Å²) in [5, 5.41) is 3.30. The van der Waals surface area contributed by atoms with E-state index in [4.69, 9.17) is 11.6 Å². The predicted octanol–water partition coefficient (Wildman–Crippen LogP) is 4.67. The third-order valence-electron chi connectivity index (χ3n) is 2.89. The summed E-state index contributed by atoms with van der Waals surface area (Å²) in [5.74, 6) is -2.81. The number of hydrogen-bond acceptors (Lipinski definition) is 1. The number of benzene rings is 2. The minimum absolute atomic E-state index is 0.228. The van der Waals surface area contributed by atoms with E-state index >= 15 is 0 Å². The van der Waals surface area contributed by atoms with E-state index in [0.29, 0.717) is 22.7 Å². The molecule has 2 aromatic rings. The Hall–Kier alpha value is -0.790. The fourth-order valence-electron chi connectivity index (χ4n) is 2.02. The largest absolute Gasteiger partial charge is 0.309 e. The standard InChI is InChI=1S/C14H10ClF3IN/c1-20-14(9-4-7(15)2-3-12(9)19)13-10(17)5-8(16)6-11(13)18/h2-6,14,20H,1H3. The molecule has 0 aliphatic heterocycles. The van der Waals surface area contributed by atoms with Crippen molar-refractivity contribution in [1.29, 1.82) is 0 Å². The molecule has 1 N–H and O–H groups in total. The maximum atomic E-state index is 13.9. The fourth-order valence-corrected chi connectivity index (χ4v) is 2.85. The average molecular weight is 412 g/mol. The highest BCUT2D eigenvalue weighted by Crippen LogP contribution is 2.31. The Kier molecular flexibility index (Phi) is 4.93. The molecule has 20 heavy (non-hydrogen) atoms. The maximum absolute atomic E-state index is 13.9. The molecule has 0 aliphatic carbocycles. The van der Waals surface area contributed by atoms with Gasteiger partial charge in [-0.1, -0.05) is 11.6 Å². The molecule has 0 spiro atoms. The molecular formula is C14H10ClF3IN. The molecule has 0 bridgehead atoms. The third kappa shape index (κ3) is 3.10. The van der Waals surface area contributed by atoms with Gasteiger partial charge in [-0.15, -0.1) is 0 Å². The maximum Gasteiger partial charge on any atom is 0.134 e. The quantitative estimate of drug-likeness (QED) is 0.724. The zero-order chi connectivity index (χ0) is 14.9. The van der Waals surface area contributed by atoms with Crippen molar-refractivity contribution in [3.8, 4) is 0 Å². The second-order valence-corrected chi connectivity index (χ2v) is 5.77. The van der Waals surface area contributed by atoms with Crippen LogP contribution in [-0.2, 0) is 0 Å². The lowest BCUT2D eigenvalue weighted by Gasteiger charge is -2.20. The summed E-state index contributed by atoms with van der Waals surface area (Å²) >= 11 is 7.99. The Morgan fingerprint density at radius 2 is 1.70 bits per heavy atom. The van der Waals surface area contributed by atoms with E-state index in [1.54, 1.807) is 25.2 Å². The van der Waals surface area contributed by atoms with Gasteiger partial charge >= 0.3 is 0 Å². The Bertz CT molecular complexity index is 625. The number of halogens is 5. The first-order valence-electron chi connectivity index (χ1n) is 5.70. The van der Waals surface area contributed by atoms with E-state index in [0.717, 1.165) is 3.57 Å². The summed E-state index contributed by atoms with van der Waals surface area (Å²) in [6.07, 6.45) is 0. The predicted molar refractivity (Wildman–Crippen MR) is 81.4 cm³/mol. The fraction of sp³-hybridized carbons (Fsp3) is 0.143. The molecule has 106 valence electrons. The SMILES string of the molecule is CNC(c1cc(Cl)ccc1I)c1c(F)cc(F)cc1F. The van der Waals surface area contributed by atoms with Crippen LogP contribution in [0.5, 0.6) is 0 Å². The monoisotopic (exact) mass is 411 g/mol. The molecule has 1 nitrogen and oxygen atoms in total. The molecule has 0 amide bonds. The second kappa shape index (κ2) is 6.32. The van der Waals surface area contributed by atoms with Gasteiger partial charge in [-0.3, -0.25) is 0 Å². The Morgan fingerprint density at radius 3 is 2.25 bits per heavy atom. The van der Waals surface area contributed by atoms with Gasteiger partial charge in [-0.25, -0.2) is 13.2 Å². The van der Waals surface area contributed by atoms with Gasteiger partial charge in [0.1, 0.15) is 17.5 Å². The molecule has 0 fully saturated rings.